The lowest BCUT2D eigenvalue weighted by Gasteiger charge is -2.05. The highest BCUT2D eigenvalue weighted by Crippen LogP contribution is 2.04. The molecule has 106 valence electrons. The van der Waals surface area contributed by atoms with E-state index in [1.165, 1.54) is 18.3 Å². The van der Waals surface area contributed by atoms with Crippen molar-refractivity contribution in [1.82, 2.24) is 10.3 Å². The number of hydrogen-bond donors (Lipinski definition) is 2. The van der Waals surface area contributed by atoms with Crippen LogP contribution in [0.25, 0.3) is 0 Å². The lowest BCUT2D eigenvalue weighted by Crippen LogP contribution is -2.23. The van der Waals surface area contributed by atoms with E-state index >= 15 is 0 Å². The summed E-state index contributed by atoms with van der Waals surface area (Å²) in [5.74, 6) is 4.50. The van der Waals surface area contributed by atoms with Crippen molar-refractivity contribution in [1.29, 1.82) is 0 Å². The van der Waals surface area contributed by atoms with Gasteiger partial charge in [-0.1, -0.05) is 24.0 Å². The molecule has 0 unspecified atom stereocenters. The van der Waals surface area contributed by atoms with Gasteiger partial charge in [0.05, 0.1) is 0 Å². The molecule has 0 fully saturated rings. The second-order valence-electron chi connectivity index (χ2n) is 4.20. The quantitative estimate of drug-likeness (QED) is 0.840. The molecule has 2 aromatic rings. The molecule has 0 saturated heterocycles. The summed E-state index contributed by atoms with van der Waals surface area (Å²) in [6, 6.07) is 9.21. The second-order valence-corrected chi connectivity index (χ2v) is 4.20. The maximum absolute atomic E-state index is 13.0. The Bertz CT molecular complexity index is 687. The van der Waals surface area contributed by atoms with E-state index in [9.17, 15) is 9.18 Å². The van der Waals surface area contributed by atoms with Crippen LogP contribution < -0.4 is 5.32 Å². The van der Waals surface area contributed by atoms with Crippen LogP contribution in [-0.2, 0) is 6.54 Å². The molecule has 0 bridgehead atoms. The smallest absolute Gasteiger partial charge is 0.270 e. The average Bonchev–Trinajstić information content (AvgIpc) is 2.51. The van der Waals surface area contributed by atoms with Gasteiger partial charge < -0.3 is 10.4 Å². The SMILES string of the molecule is O=C(NCc1cccc(F)c1)c1ccc(C#CCO)cn1. The normalized spacial score (nSPS) is 9.62. The van der Waals surface area contributed by atoms with Crippen molar-refractivity contribution >= 4 is 5.91 Å². The van der Waals surface area contributed by atoms with Crippen molar-refractivity contribution < 1.29 is 14.3 Å². The van der Waals surface area contributed by atoms with E-state index in [0.29, 0.717) is 11.1 Å². The largest absolute Gasteiger partial charge is 0.384 e. The Labute approximate surface area is 121 Å². The van der Waals surface area contributed by atoms with Gasteiger partial charge in [0.25, 0.3) is 5.91 Å². The van der Waals surface area contributed by atoms with Crippen LogP contribution in [-0.4, -0.2) is 22.6 Å². The number of hydrogen-bond acceptors (Lipinski definition) is 3. The minimum Gasteiger partial charge on any atom is -0.384 e. The molecule has 1 amide bonds. The highest BCUT2D eigenvalue weighted by molar-refractivity contribution is 5.92. The zero-order valence-corrected chi connectivity index (χ0v) is 11.1. The van der Waals surface area contributed by atoms with Gasteiger partial charge in [-0.25, -0.2) is 9.37 Å². The molecule has 21 heavy (non-hydrogen) atoms. The summed E-state index contributed by atoms with van der Waals surface area (Å²) in [5, 5.41) is 11.2. The molecular formula is C16H13FN2O2. The number of pyridine rings is 1. The van der Waals surface area contributed by atoms with E-state index in [1.54, 1.807) is 24.3 Å². The number of nitrogens with one attached hydrogen (secondary N) is 1. The molecule has 0 aliphatic rings. The zero-order valence-electron chi connectivity index (χ0n) is 11.1. The number of rotatable bonds is 3. The van der Waals surface area contributed by atoms with Crippen molar-refractivity contribution in [2.45, 2.75) is 6.54 Å². The third-order valence-electron chi connectivity index (χ3n) is 2.65. The maximum Gasteiger partial charge on any atom is 0.270 e. The van der Waals surface area contributed by atoms with Crippen molar-refractivity contribution in [2.24, 2.45) is 0 Å². The number of carbonyl (C=O) groups is 1. The van der Waals surface area contributed by atoms with Crippen LogP contribution in [0.4, 0.5) is 4.39 Å². The van der Waals surface area contributed by atoms with E-state index in [4.69, 9.17) is 5.11 Å². The fraction of sp³-hybridized carbons (Fsp3) is 0.125. The molecule has 0 aliphatic carbocycles. The van der Waals surface area contributed by atoms with Crippen LogP contribution in [0.3, 0.4) is 0 Å². The van der Waals surface area contributed by atoms with Crippen LogP contribution in [0, 0.1) is 17.7 Å². The average molecular weight is 284 g/mol. The number of aromatic nitrogens is 1. The van der Waals surface area contributed by atoms with Gasteiger partial charge in [-0.05, 0) is 29.8 Å². The number of benzene rings is 1. The minimum absolute atomic E-state index is 0.226. The monoisotopic (exact) mass is 284 g/mol. The van der Waals surface area contributed by atoms with Crippen molar-refractivity contribution in [2.75, 3.05) is 6.61 Å². The number of carbonyl (C=O) groups excluding carboxylic acids is 1. The summed E-state index contributed by atoms with van der Waals surface area (Å²) in [6.45, 7) is 0.000214. The Morgan fingerprint density at radius 2 is 2.19 bits per heavy atom. The number of amides is 1. The van der Waals surface area contributed by atoms with E-state index in [2.05, 4.69) is 22.1 Å². The molecule has 1 heterocycles. The number of nitrogens with zero attached hydrogens (tertiary/aromatic N) is 1. The molecule has 2 N–H and O–H groups in total. The molecule has 1 aromatic heterocycles. The van der Waals surface area contributed by atoms with Gasteiger partial charge >= 0.3 is 0 Å². The molecule has 0 spiro atoms. The van der Waals surface area contributed by atoms with Crippen molar-refractivity contribution in [3.8, 4) is 11.8 Å². The number of aliphatic hydroxyl groups is 1. The predicted molar refractivity (Wildman–Crippen MR) is 75.8 cm³/mol. The first-order chi connectivity index (χ1) is 10.2. The number of aliphatic hydroxyl groups excluding tert-OH is 1. The first-order valence-corrected chi connectivity index (χ1v) is 6.27. The Morgan fingerprint density at radius 3 is 2.86 bits per heavy atom. The third-order valence-corrected chi connectivity index (χ3v) is 2.65. The predicted octanol–water partition coefficient (Wildman–Crippen LogP) is 1.49. The molecule has 2 rings (SSSR count). The molecule has 5 heteroatoms. The Morgan fingerprint density at radius 1 is 1.33 bits per heavy atom. The van der Waals surface area contributed by atoms with Gasteiger partial charge in [0.1, 0.15) is 18.1 Å². The summed E-state index contributed by atoms with van der Waals surface area (Å²) in [4.78, 5) is 15.9. The topological polar surface area (TPSA) is 62.2 Å². The van der Waals surface area contributed by atoms with Crippen LogP contribution in [0.2, 0.25) is 0 Å². The van der Waals surface area contributed by atoms with Gasteiger partial charge in [-0.3, -0.25) is 4.79 Å². The molecule has 0 aliphatic heterocycles. The Balaban J connectivity index is 1.97. The summed E-state index contributed by atoms with van der Waals surface area (Å²) < 4.78 is 13.0. The fourth-order valence-electron chi connectivity index (χ4n) is 1.66. The van der Waals surface area contributed by atoms with Gasteiger partial charge in [-0.2, -0.15) is 0 Å². The molecule has 1 aromatic carbocycles. The summed E-state index contributed by atoms with van der Waals surface area (Å²) in [5.41, 5.74) is 1.54. The Hall–Kier alpha value is -2.71. The summed E-state index contributed by atoms with van der Waals surface area (Å²) in [6.07, 6.45) is 1.46. The van der Waals surface area contributed by atoms with Crippen LogP contribution in [0.5, 0.6) is 0 Å². The summed E-state index contributed by atoms with van der Waals surface area (Å²) in [7, 11) is 0. The van der Waals surface area contributed by atoms with Gasteiger partial charge in [-0.15, -0.1) is 0 Å². The molecule has 0 atom stereocenters. The minimum atomic E-state index is -0.346. The lowest BCUT2D eigenvalue weighted by molar-refractivity contribution is 0.0946. The van der Waals surface area contributed by atoms with Crippen LogP contribution >= 0.6 is 0 Å². The van der Waals surface area contributed by atoms with E-state index in [0.717, 1.165) is 0 Å². The van der Waals surface area contributed by atoms with Crippen molar-refractivity contribution in [3.63, 3.8) is 0 Å². The highest BCUT2D eigenvalue weighted by atomic mass is 19.1. The van der Waals surface area contributed by atoms with Crippen molar-refractivity contribution in [3.05, 3.63) is 65.2 Å². The molecule has 4 nitrogen and oxygen atoms in total. The van der Waals surface area contributed by atoms with E-state index < -0.39 is 0 Å². The van der Waals surface area contributed by atoms with E-state index in [1.807, 2.05) is 0 Å². The van der Waals surface area contributed by atoms with Crippen LogP contribution in [0.15, 0.2) is 42.6 Å². The van der Waals surface area contributed by atoms with Gasteiger partial charge in [0, 0.05) is 18.3 Å². The van der Waals surface area contributed by atoms with Gasteiger partial charge in [0.2, 0.25) is 0 Å². The zero-order chi connectivity index (χ0) is 15.1. The first kappa shape index (κ1) is 14.7. The first-order valence-electron chi connectivity index (χ1n) is 6.27. The molecule has 0 radical (unpaired) electrons. The Kier molecular flexibility index (Phi) is 5.02. The second kappa shape index (κ2) is 7.17. The maximum atomic E-state index is 13.0. The fourth-order valence-corrected chi connectivity index (χ4v) is 1.66. The molecule has 0 saturated carbocycles. The summed E-state index contributed by atoms with van der Waals surface area (Å²) >= 11 is 0. The van der Waals surface area contributed by atoms with Gasteiger partial charge in [0.15, 0.2) is 0 Å². The van der Waals surface area contributed by atoms with E-state index in [-0.39, 0.29) is 30.6 Å². The highest BCUT2D eigenvalue weighted by Gasteiger charge is 2.06. The number of halogens is 1. The molecular weight excluding hydrogens is 271 g/mol. The standard InChI is InChI=1S/C16H13FN2O2/c17-14-5-1-3-13(9-14)11-19-16(21)15-7-6-12(10-18-15)4-2-8-20/h1,3,5-7,9-10,20H,8,11H2,(H,19,21). The third kappa shape index (κ3) is 4.41. The van der Waals surface area contributed by atoms with Crippen LogP contribution in [0.1, 0.15) is 21.6 Å². The lowest BCUT2D eigenvalue weighted by atomic mass is 10.2.